The summed E-state index contributed by atoms with van der Waals surface area (Å²) >= 11 is 0. The third-order valence-corrected chi connectivity index (χ3v) is 3.08. The summed E-state index contributed by atoms with van der Waals surface area (Å²) in [6.45, 7) is 2.04. The van der Waals surface area contributed by atoms with Crippen LogP contribution in [0.4, 0.5) is 0 Å². The molecule has 0 bridgehead atoms. The highest BCUT2D eigenvalue weighted by Gasteiger charge is 2.21. The quantitative estimate of drug-likeness (QED) is 0.754. The van der Waals surface area contributed by atoms with E-state index < -0.39 is 0 Å². The Morgan fingerprint density at radius 1 is 1.73 bits per heavy atom. The fourth-order valence-electron chi connectivity index (χ4n) is 2.19. The number of aliphatic hydroxyl groups is 1. The van der Waals surface area contributed by atoms with Gasteiger partial charge in [-0.1, -0.05) is 0 Å². The van der Waals surface area contributed by atoms with E-state index in [1.54, 1.807) is 4.68 Å². The number of aromatic nitrogens is 2. The summed E-state index contributed by atoms with van der Waals surface area (Å²) in [5.74, 6) is 0.402. The average Bonchev–Trinajstić information content (AvgIpc) is 2.65. The Morgan fingerprint density at radius 2 is 2.60 bits per heavy atom. The maximum atomic E-state index is 10.1. The Hall–Kier alpha value is -0.870. The maximum absolute atomic E-state index is 10.1. The van der Waals surface area contributed by atoms with Crippen molar-refractivity contribution in [2.75, 3.05) is 13.1 Å². The molecule has 1 aliphatic rings. The lowest BCUT2D eigenvalue weighted by atomic mass is 9.91. The topological polar surface area (TPSA) is 50.1 Å². The molecule has 2 atom stereocenters. The molecule has 84 valence electrons. The van der Waals surface area contributed by atoms with Gasteiger partial charge >= 0.3 is 0 Å². The molecule has 0 saturated carbocycles. The van der Waals surface area contributed by atoms with E-state index in [2.05, 4.69) is 10.4 Å². The van der Waals surface area contributed by atoms with E-state index >= 15 is 0 Å². The Kier molecular flexibility index (Phi) is 3.38. The fourth-order valence-corrected chi connectivity index (χ4v) is 2.19. The van der Waals surface area contributed by atoms with Gasteiger partial charge in [0.2, 0.25) is 0 Å². The summed E-state index contributed by atoms with van der Waals surface area (Å²) in [7, 11) is 1.90. The Morgan fingerprint density at radius 3 is 3.20 bits per heavy atom. The number of piperidine rings is 1. The molecule has 0 aliphatic carbocycles. The number of nitrogens with one attached hydrogen (secondary N) is 1. The first-order chi connectivity index (χ1) is 7.25. The monoisotopic (exact) mass is 209 g/mol. The number of aryl methyl sites for hydroxylation is 1. The highest BCUT2D eigenvalue weighted by molar-refractivity contribution is 5.05. The van der Waals surface area contributed by atoms with Crippen LogP contribution in [-0.2, 0) is 13.5 Å². The smallest absolute Gasteiger partial charge is 0.0621 e. The Bertz CT molecular complexity index is 305. The summed E-state index contributed by atoms with van der Waals surface area (Å²) in [6.07, 6.45) is 6.60. The minimum absolute atomic E-state index is 0.234. The molecular weight excluding hydrogens is 190 g/mol. The van der Waals surface area contributed by atoms with Crippen molar-refractivity contribution in [2.45, 2.75) is 25.4 Å². The lowest BCUT2D eigenvalue weighted by Gasteiger charge is -2.27. The number of hydrogen-bond donors (Lipinski definition) is 2. The van der Waals surface area contributed by atoms with Crippen molar-refractivity contribution in [1.29, 1.82) is 0 Å². The molecule has 2 rings (SSSR count). The number of rotatable bonds is 3. The van der Waals surface area contributed by atoms with Gasteiger partial charge in [0, 0.05) is 26.2 Å². The molecule has 0 aromatic carbocycles. The second kappa shape index (κ2) is 4.77. The minimum Gasteiger partial charge on any atom is -0.392 e. The molecule has 2 unspecified atom stereocenters. The van der Waals surface area contributed by atoms with Gasteiger partial charge in [0.15, 0.2) is 0 Å². The molecule has 2 heterocycles. The van der Waals surface area contributed by atoms with Crippen molar-refractivity contribution in [1.82, 2.24) is 15.1 Å². The van der Waals surface area contributed by atoms with Crippen LogP contribution in [0.5, 0.6) is 0 Å². The molecule has 0 spiro atoms. The lowest BCUT2D eigenvalue weighted by molar-refractivity contribution is 0.0922. The maximum Gasteiger partial charge on any atom is 0.0621 e. The molecule has 1 aromatic heterocycles. The highest BCUT2D eigenvalue weighted by Crippen LogP contribution is 2.17. The van der Waals surface area contributed by atoms with Crippen LogP contribution in [0.1, 0.15) is 18.4 Å². The molecular formula is C11H19N3O. The zero-order valence-electron chi connectivity index (χ0n) is 9.19. The molecule has 1 aromatic rings. The van der Waals surface area contributed by atoms with E-state index in [1.165, 1.54) is 6.42 Å². The highest BCUT2D eigenvalue weighted by atomic mass is 16.3. The summed E-state index contributed by atoms with van der Waals surface area (Å²) in [5, 5.41) is 17.5. The molecule has 4 nitrogen and oxygen atoms in total. The molecule has 1 fully saturated rings. The van der Waals surface area contributed by atoms with Crippen LogP contribution in [0.3, 0.4) is 0 Å². The zero-order valence-corrected chi connectivity index (χ0v) is 9.19. The lowest BCUT2D eigenvalue weighted by Crippen LogP contribution is -2.37. The number of aliphatic hydroxyl groups excluding tert-OH is 1. The SMILES string of the molecule is Cn1cc(CC(O)C2CCCNC2)cn1. The van der Waals surface area contributed by atoms with Gasteiger partial charge in [0.05, 0.1) is 12.3 Å². The molecule has 1 saturated heterocycles. The Balaban J connectivity index is 1.88. The van der Waals surface area contributed by atoms with Crippen molar-refractivity contribution in [3.05, 3.63) is 18.0 Å². The second-order valence-corrected chi connectivity index (χ2v) is 4.40. The van der Waals surface area contributed by atoms with E-state index in [9.17, 15) is 5.11 Å². The van der Waals surface area contributed by atoms with E-state index in [-0.39, 0.29) is 6.10 Å². The van der Waals surface area contributed by atoms with Crippen LogP contribution in [0, 0.1) is 5.92 Å². The third kappa shape index (κ3) is 2.79. The van der Waals surface area contributed by atoms with E-state index in [4.69, 9.17) is 0 Å². The third-order valence-electron chi connectivity index (χ3n) is 3.08. The van der Waals surface area contributed by atoms with E-state index in [1.807, 2.05) is 19.4 Å². The van der Waals surface area contributed by atoms with Gasteiger partial charge in [0.25, 0.3) is 0 Å². The zero-order chi connectivity index (χ0) is 10.7. The summed E-state index contributed by atoms with van der Waals surface area (Å²) in [5.41, 5.74) is 1.12. The van der Waals surface area contributed by atoms with E-state index in [0.29, 0.717) is 5.92 Å². The average molecular weight is 209 g/mol. The number of hydrogen-bond acceptors (Lipinski definition) is 3. The second-order valence-electron chi connectivity index (χ2n) is 4.40. The van der Waals surface area contributed by atoms with Gasteiger partial charge in [-0.15, -0.1) is 0 Å². The van der Waals surface area contributed by atoms with Gasteiger partial charge in [0.1, 0.15) is 0 Å². The molecule has 4 heteroatoms. The van der Waals surface area contributed by atoms with Crippen molar-refractivity contribution >= 4 is 0 Å². The van der Waals surface area contributed by atoms with E-state index in [0.717, 1.165) is 31.5 Å². The Labute approximate surface area is 90.3 Å². The van der Waals surface area contributed by atoms with Crippen LogP contribution < -0.4 is 5.32 Å². The molecule has 2 N–H and O–H groups in total. The first kappa shape index (κ1) is 10.6. The molecule has 15 heavy (non-hydrogen) atoms. The van der Waals surface area contributed by atoms with Crippen molar-refractivity contribution in [3.8, 4) is 0 Å². The summed E-state index contributed by atoms with van der Waals surface area (Å²) < 4.78 is 1.78. The normalized spacial score (nSPS) is 24.0. The fraction of sp³-hybridized carbons (Fsp3) is 0.727. The van der Waals surface area contributed by atoms with Gasteiger partial charge in [-0.2, -0.15) is 5.10 Å². The first-order valence-electron chi connectivity index (χ1n) is 5.62. The summed E-state index contributed by atoms with van der Waals surface area (Å²) in [4.78, 5) is 0. The molecule has 0 radical (unpaired) electrons. The van der Waals surface area contributed by atoms with Crippen molar-refractivity contribution in [2.24, 2.45) is 13.0 Å². The van der Waals surface area contributed by atoms with Crippen molar-refractivity contribution in [3.63, 3.8) is 0 Å². The standard InChI is InChI=1S/C11H19N3O/c1-14-8-9(6-13-14)5-11(15)10-3-2-4-12-7-10/h6,8,10-12,15H,2-5,7H2,1H3. The largest absolute Gasteiger partial charge is 0.392 e. The van der Waals surface area contributed by atoms with Crippen molar-refractivity contribution < 1.29 is 5.11 Å². The van der Waals surface area contributed by atoms with Gasteiger partial charge in [-0.3, -0.25) is 4.68 Å². The van der Waals surface area contributed by atoms with Gasteiger partial charge in [-0.25, -0.2) is 0 Å². The first-order valence-corrected chi connectivity index (χ1v) is 5.62. The van der Waals surface area contributed by atoms with Gasteiger partial charge in [-0.05, 0) is 30.9 Å². The predicted molar refractivity (Wildman–Crippen MR) is 58.5 cm³/mol. The van der Waals surface area contributed by atoms with Crippen LogP contribution >= 0.6 is 0 Å². The van der Waals surface area contributed by atoms with Crippen LogP contribution in [0.25, 0.3) is 0 Å². The molecule has 0 amide bonds. The minimum atomic E-state index is -0.234. The number of nitrogens with zero attached hydrogens (tertiary/aromatic N) is 2. The van der Waals surface area contributed by atoms with Gasteiger partial charge < -0.3 is 10.4 Å². The summed E-state index contributed by atoms with van der Waals surface area (Å²) in [6, 6.07) is 0. The van der Waals surface area contributed by atoms with Crippen LogP contribution in [0.15, 0.2) is 12.4 Å². The van der Waals surface area contributed by atoms with Crippen LogP contribution in [-0.4, -0.2) is 34.1 Å². The van der Waals surface area contributed by atoms with Crippen LogP contribution in [0.2, 0.25) is 0 Å². The predicted octanol–water partition coefficient (Wildman–Crippen LogP) is 0.323. The molecule has 1 aliphatic heterocycles.